The monoisotopic (exact) mass is 378 g/mol. The molecule has 0 aromatic carbocycles. The second-order valence-electron chi connectivity index (χ2n) is 5.12. The van der Waals surface area contributed by atoms with Gasteiger partial charge in [0.1, 0.15) is 5.00 Å². The van der Waals surface area contributed by atoms with Crippen LogP contribution in [0.1, 0.15) is 38.2 Å². The Morgan fingerprint density at radius 2 is 1.85 bits per heavy atom. The van der Waals surface area contributed by atoms with Crippen LogP contribution in [0.3, 0.4) is 0 Å². The number of carbonyl (C=O) groups excluding carboxylic acids is 3. The molecule has 9 nitrogen and oxygen atoms in total. The minimum Gasteiger partial charge on any atom is -0.462 e. The number of hydrogen-bond acceptors (Lipinski definition) is 9. The van der Waals surface area contributed by atoms with Crippen molar-refractivity contribution in [3.63, 3.8) is 0 Å². The predicted molar refractivity (Wildman–Crippen MR) is 95.1 cm³/mol. The van der Waals surface area contributed by atoms with Crippen molar-refractivity contribution in [1.82, 2.24) is 9.97 Å². The number of carbonyl (C=O) groups is 3. The molecule has 0 radical (unpaired) electrons. The van der Waals surface area contributed by atoms with Crippen molar-refractivity contribution < 1.29 is 23.9 Å². The van der Waals surface area contributed by atoms with E-state index in [4.69, 9.17) is 15.2 Å². The molecule has 10 heteroatoms. The van der Waals surface area contributed by atoms with Gasteiger partial charge in [-0.25, -0.2) is 19.6 Å². The molecule has 1 amide bonds. The number of hydrogen-bond donors (Lipinski definition) is 2. The summed E-state index contributed by atoms with van der Waals surface area (Å²) in [5.74, 6) is -2.08. The lowest BCUT2D eigenvalue weighted by atomic mass is 10.1. The molecule has 0 unspecified atom stereocenters. The van der Waals surface area contributed by atoms with Crippen LogP contribution in [0.15, 0.2) is 12.4 Å². The zero-order valence-electron chi connectivity index (χ0n) is 14.5. The molecule has 0 bridgehead atoms. The number of nitrogens with zero attached hydrogens (tertiary/aromatic N) is 2. The van der Waals surface area contributed by atoms with E-state index in [1.807, 2.05) is 6.92 Å². The van der Waals surface area contributed by atoms with Gasteiger partial charge in [-0.1, -0.05) is 0 Å². The number of aromatic nitrogens is 2. The highest BCUT2D eigenvalue weighted by Crippen LogP contribution is 2.33. The number of thiophene rings is 1. The first-order valence-electron chi connectivity index (χ1n) is 7.65. The summed E-state index contributed by atoms with van der Waals surface area (Å²) in [5.41, 5.74) is 6.38. The fourth-order valence-electron chi connectivity index (χ4n) is 2.03. The van der Waals surface area contributed by atoms with Gasteiger partial charge in [0, 0.05) is 17.3 Å². The Kier molecular flexibility index (Phi) is 6.23. The highest BCUT2D eigenvalue weighted by atomic mass is 32.1. The molecule has 0 atom stereocenters. The number of amides is 1. The predicted octanol–water partition coefficient (Wildman–Crippen LogP) is 1.71. The van der Waals surface area contributed by atoms with Crippen molar-refractivity contribution in [3.05, 3.63) is 34.1 Å². The summed E-state index contributed by atoms with van der Waals surface area (Å²) in [6.45, 7) is 4.95. The topological polar surface area (TPSA) is 134 Å². The van der Waals surface area contributed by atoms with Crippen molar-refractivity contribution in [2.24, 2.45) is 0 Å². The maximum Gasteiger partial charge on any atom is 0.361 e. The molecule has 2 aromatic rings. The van der Waals surface area contributed by atoms with Gasteiger partial charge in [-0.15, -0.1) is 11.3 Å². The van der Waals surface area contributed by atoms with Gasteiger partial charge >= 0.3 is 11.9 Å². The largest absolute Gasteiger partial charge is 0.462 e. The summed E-state index contributed by atoms with van der Waals surface area (Å²) >= 11 is 1.24. The van der Waals surface area contributed by atoms with Crippen molar-refractivity contribution in [1.29, 1.82) is 0 Å². The zero-order chi connectivity index (χ0) is 19.3. The second-order valence-corrected chi connectivity index (χ2v) is 6.35. The van der Waals surface area contributed by atoms with E-state index in [-0.39, 0.29) is 18.1 Å². The summed E-state index contributed by atoms with van der Waals surface area (Å²) < 4.78 is 9.90. The third-order valence-electron chi connectivity index (χ3n) is 3.37. The fourth-order valence-corrected chi connectivity index (χ4v) is 3.10. The van der Waals surface area contributed by atoms with Gasteiger partial charge in [0.25, 0.3) is 5.91 Å². The Labute approximate surface area is 153 Å². The molecular formula is C16H18N4O5S. The first-order valence-corrected chi connectivity index (χ1v) is 8.47. The summed E-state index contributed by atoms with van der Waals surface area (Å²) in [6, 6.07) is 0. The lowest BCUT2D eigenvalue weighted by Gasteiger charge is -2.08. The van der Waals surface area contributed by atoms with Crippen LogP contribution in [0, 0.1) is 13.8 Å². The van der Waals surface area contributed by atoms with Crippen molar-refractivity contribution >= 4 is 40.0 Å². The van der Waals surface area contributed by atoms with Crippen molar-refractivity contribution in [2.75, 3.05) is 24.3 Å². The average molecular weight is 378 g/mol. The smallest absolute Gasteiger partial charge is 0.361 e. The lowest BCUT2D eigenvalue weighted by Crippen LogP contribution is -2.22. The van der Waals surface area contributed by atoms with Crippen LogP contribution in [0.25, 0.3) is 0 Å². The molecule has 0 saturated carbocycles. The van der Waals surface area contributed by atoms with Gasteiger partial charge in [-0.2, -0.15) is 0 Å². The SMILES string of the molecule is CCOC(=O)c1c(NC(=O)COC(=O)c2nccnc2N)sc(C)c1C. The molecule has 2 heterocycles. The molecule has 0 saturated heterocycles. The summed E-state index contributed by atoms with van der Waals surface area (Å²) in [4.78, 5) is 44.4. The Hall–Kier alpha value is -3.01. The number of esters is 2. The maximum absolute atomic E-state index is 12.1. The molecular weight excluding hydrogens is 360 g/mol. The lowest BCUT2D eigenvalue weighted by molar-refractivity contribution is -0.119. The number of rotatable bonds is 6. The molecule has 3 N–H and O–H groups in total. The van der Waals surface area contributed by atoms with Crippen LogP contribution in [-0.4, -0.2) is 41.0 Å². The first-order chi connectivity index (χ1) is 12.3. The number of ether oxygens (including phenoxy) is 2. The third-order valence-corrected chi connectivity index (χ3v) is 4.49. The van der Waals surface area contributed by atoms with E-state index in [2.05, 4.69) is 15.3 Å². The molecule has 0 aliphatic carbocycles. The highest BCUT2D eigenvalue weighted by Gasteiger charge is 2.23. The minimum absolute atomic E-state index is 0.0907. The standard InChI is InChI=1S/C16H18N4O5S/c1-4-24-15(22)11-8(2)9(3)26-14(11)20-10(21)7-25-16(23)12-13(17)19-6-5-18-12/h5-6H,4,7H2,1-3H3,(H2,17,19)(H,20,21). The Bertz CT molecular complexity index is 849. The van der Waals surface area contributed by atoms with Crippen LogP contribution in [0.5, 0.6) is 0 Å². The number of nitrogens with one attached hydrogen (secondary N) is 1. The molecule has 0 spiro atoms. The minimum atomic E-state index is -0.866. The van der Waals surface area contributed by atoms with Gasteiger partial charge in [0.15, 0.2) is 18.1 Å². The van der Waals surface area contributed by atoms with E-state index in [9.17, 15) is 14.4 Å². The normalized spacial score (nSPS) is 10.3. The molecule has 138 valence electrons. The summed E-state index contributed by atoms with van der Waals surface area (Å²) in [5, 5.41) is 2.91. The zero-order valence-corrected chi connectivity index (χ0v) is 15.3. The molecule has 0 aliphatic rings. The van der Waals surface area contributed by atoms with Crippen molar-refractivity contribution in [2.45, 2.75) is 20.8 Å². The van der Waals surface area contributed by atoms with Crippen LogP contribution in [-0.2, 0) is 14.3 Å². The van der Waals surface area contributed by atoms with E-state index in [0.29, 0.717) is 10.6 Å². The van der Waals surface area contributed by atoms with E-state index < -0.39 is 24.5 Å². The van der Waals surface area contributed by atoms with Crippen LogP contribution in [0.2, 0.25) is 0 Å². The van der Waals surface area contributed by atoms with E-state index >= 15 is 0 Å². The Morgan fingerprint density at radius 3 is 2.50 bits per heavy atom. The number of nitrogen functional groups attached to an aromatic ring is 1. The molecule has 0 fully saturated rings. The number of nitrogens with two attached hydrogens (primary N) is 1. The molecule has 26 heavy (non-hydrogen) atoms. The quantitative estimate of drug-likeness (QED) is 0.726. The average Bonchev–Trinajstić information content (AvgIpc) is 2.87. The molecule has 2 aromatic heterocycles. The van der Waals surface area contributed by atoms with Crippen molar-refractivity contribution in [3.8, 4) is 0 Å². The van der Waals surface area contributed by atoms with E-state index in [1.54, 1.807) is 13.8 Å². The second kappa shape index (κ2) is 8.39. The van der Waals surface area contributed by atoms with Gasteiger partial charge in [0.2, 0.25) is 0 Å². The molecule has 0 aliphatic heterocycles. The molecule has 2 rings (SSSR count). The fraction of sp³-hybridized carbons (Fsp3) is 0.312. The third kappa shape index (κ3) is 4.33. The first kappa shape index (κ1) is 19.3. The highest BCUT2D eigenvalue weighted by molar-refractivity contribution is 7.16. The van der Waals surface area contributed by atoms with Gasteiger partial charge in [0.05, 0.1) is 12.2 Å². The number of anilines is 2. The Morgan fingerprint density at radius 1 is 1.15 bits per heavy atom. The van der Waals surface area contributed by atoms with Gasteiger partial charge in [-0.05, 0) is 26.3 Å². The maximum atomic E-state index is 12.1. The van der Waals surface area contributed by atoms with Crippen LogP contribution in [0.4, 0.5) is 10.8 Å². The number of aryl methyl sites for hydroxylation is 1. The van der Waals surface area contributed by atoms with Gasteiger partial charge < -0.3 is 20.5 Å². The summed E-state index contributed by atoms with van der Waals surface area (Å²) in [7, 11) is 0. The van der Waals surface area contributed by atoms with Crippen LogP contribution >= 0.6 is 11.3 Å². The Balaban J connectivity index is 2.04. The van der Waals surface area contributed by atoms with Crippen LogP contribution < -0.4 is 11.1 Å². The van der Waals surface area contributed by atoms with E-state index in [0.717, 1.165) is 10.4 Å². The summed E-state index contributed by atoms with van der Waals surface area (Å²) in [6.07, 6.45) is 2.62. The van der Waals surface area contributed by atoms with E-state index in [1.165, 1.54) is 23.7 Å². The van der Waals surface area contributed by atoms with Gasteiger partial charge in [-0.3, -0.25) is 4.79 Å².